The summed E-state index contributed by atoms with van der Waals surface area (Å²) in [6.07, 6.45) is 0. The molecule has 2 heterocycles. The lowest BCUT2D eigenvalue weighted by Gasteiger charge is -2.25. The average Bonchev–Trinajstić information content (AvgIpc) is 3.51. The molecule has 4 aromatic rings. The topological polar surface area (TPSA) is 76.1 Å². The molecule has 1 atom stereocenters. The van der Waals surface area contributed by atoms with Gasteiger partial charge in [-0.2, -0.15) is 0 Å². The molecule has 1 aliphatic rings. The predicted molar refractivity (Wildman–Crippen MR) is 148 cm³/mol. The Hall–Kier alpha value is -3.78. The van der Waals surface area contributed by atoms with Gasteiger partial charge in [0.05, 0.1) is 35.3 Å². The molecular formula is C29H21Cl2NO5S. The lowest BCUT2D eigenvalue weighted by molar-refractivity contribution is -0.140. The Balaban J connectivity index is 1.64. The molecule has 1 saturated heterocycles. The van der Waals surface area contributed by atoms with Gasteiger partial charge in [0.1, 0.15) is 17.3 Å². The number of Topliss-reactive ketones (excluding diaryl/α,β-unsaturated/α-hetero) is 1. The Morgan fingerprint density at radius 2 is 1.66 bits per heavy atom. The van der Waals surface area contributed by atoms with E-state index in [0.29, 0.717) is 17.1 Å². The fourth-order valence-corrected chi connectivity index (χ4v) is 5.72. The Kier molecular flexibility index (Phi) is 7.42. The first-order valence-corrected chi connectivity index (χ1v) is 13.2. The van der Waals surface area contributed by atoms with E-state index in [1.54, 1.807) is 24.3 Å². The van der Waals surface area contributed by atoms with Crippen LogP contribution in [0.3, 0.4) is 0 Å². The van der Waals surface area contributed by atoms with E-state index in [0.717, 1.165) is 4.88 Å². The first-order valence-electron chi connectivity index (χ1n) is 11.5. The number of methoxy groups -OCH3 is 1. The smallest absolute Gasteiger partial charge is 0.295 e. The number of aliphatic hydroxyl groups excluding tert-OH is 1. The van der Waals surface area contributed by atoms with Crippen LogP contribution in [0.2, 0.25) is 10.0 Å². The third-order valence-corrected chi connectivity index (χ3v) is 7.50. The van der Waals surface area contributed by atoms with Gasteiger partial charge < -0.3 is 19.5 Å². The van der Waals surface area contributed by atoms with Gasteiger partial charge in [-0.1, -0.05) is 59.6 Å². The van der Waals surface area contributed by atoms with Gasteiger partial charge in [0.25, 0.3) is 11.7 Å². The largest absolute Gasteiger partial charge is 0.507 e. The van der Waals surface area contributed by atoms with E-state index in [4.69, 9.17) is 32.7 Å². The normalized spacial score (nSPS) is 16.6. The Labute approximate surface area is 233 Å². The van der Waals surface area contributed by atoms with E-state index >= 15 is 0 Å². The van der Waals surface area contributed by atoms with Crippen LogP contribution in [0.1, 0.15) is 22.0 Å². The highest BCUT2D eigenvalue weighted by molar-refractivity contribution is 7.09. The molecule has 0 saturated carbocycles. The van der Waals surface area contributed by atoms with Crippen LogP contribution in [0.5, 0.6) is 17.2 Å². The molecule has 38 heavy (non-hydrogen) atoms. The van der Waals surface area contributed by atoms with Crippen molar-refractivity contribution >= 4 is 52.0 Å². The van der Waals surface area contributed by atoms with Crippen molar-refractivity contribution in [3.05, 3.63) is 116 Å². The molecule has 0 bridgehead atoms. The van der Waals surface area contributed by atoms with Crippen LogP contribution in [-0.2, 0) is 16.1 Å². The third-order valence-electron chi connectivity index (χ3n) is 6.07. The van der Waals surface area contributed by atoms with E-state index < -0.39 is 17.7 Å². The summed E-state index contributed by atoms with van der Waals surface area (Å²) in [6, 6.07) is 22.1. The van der Waals surface area contributed by atoms with E-state index in [1.807, 2.05) is 47.8 Å². The van der Waals surface area contributed by atoms with E-state index in [-0.39, 0.29) is 39.2 Å². The number of hydrogen-bond donors (Lipinski definition) is 1. The van der Waals surface area contributed by atoms with Crippen LogP contribution in [0, 0.1) is 0 Å². The zero-order chi connectivity index (χ0) is 26.8. The fourth-order valence-electron chi connectivity index (χ4n) is 4.38. The Morgan fingerprint density at radius 3 is 2.32 bits per heavy atom. The number of ketones is 1. The van der Waals surface area contributed by atoms with Gasteiger partial charge in [-0.05, 0) is 53.4 Å². The standard InChI is InChI=1S/C29H21Cl2NO5S/c1-36-28-22(30)14-18(15-23(28)31)26(33)24-25(32(29(35)27(24)34)16-21-11-6-12-38-21)17-7-5-10-20(13-17)37-19-8-3-2-4-9-19/h2-15,25,33H,16H2,1H3/b26-24+. The molecule has 1 fully saturated rings. The van der Waals surface area contributed by atoms with Crippen LogP contribution >= 0.6 is 34.5 Å². The lowest BCUT2D eigenvalue weighted by Crippen LogP contribution is -2.28. The number of thiophene rings is 1. The summed E-state index contributed by atoms with van der Waals surface area (Å²) in [5, 5.41) is 13.6. The zero-order valence-corrected chi connectivity index (χ0v) is 22.4. The number of para-hydroxylation sites is 1. The zero-order valence-electron chi connectivity index (χ0n) is 20.1. The molecule has 0 spiro atoms. The second kappa shape index (κ2) is 10.9. The second-order valence-electron chi connectivity index (χ2n) is 8.47. The molecule has 6 nitrogen and oxygen atoms in total. The molecule has 1 N–H and O–H groups in total. The van der Waals surface area contributed by atoms with E-state index in [1.165, 1.54) is 35.5 Å². The van der Waals surface area contributed by atoms with Crippen LogP contribution in [0.4, 0.5) is 0 Å². The summed E-state index contributed by atoms with van der Waals surface area (Å²) < 4.78 is 11.2. The van der Waals surface area contributed by atoms with E-state index in [2.05, 4.69) is 0 Å². The minimum atomic E-state index is -0.879. The van der Waals surface area contributed by atoms with Gasteiger partial charge in [-0.3, -0.25) is 9.59 Å². The number of ether oxygens (including phenoxy) is 2. The van der Waals surface area contributed by atoms with Crippen molar-refractivity contribution in [3.8, 4) is 17.2 Å². The van der Waals surface area contributed by atoms with Crippen molar-refractivity contribution in [1.29, 1.82) is 0 Å². The molecule has 1 aromatic heterocycles. The molecule has 9 heteroatoms. The molecule has 0 radical (unpaired) electrons. The number of nitrogens with zero attached hydrogens (tertiary/aromatic N) is 1. The molecule has 192 valence electrons. The number of rotatable bonds is 7. The average molecular weight is 566 g/mol. The fraction of sp³-hybridized carbons (Fsp3) is 0.103. The maximum atomic E-state index is 13.4. The van der Waals surface area contributed by atoms with Gasteiger partial charge in [0, 0.05) is 10.4 Å². The molecule has 1 unspecified atom stereocenters. The number of hydrogen-bond acceptors (Lipinski definition) is 6. The number of halogens is 2. The highest BCUT2D eigenvalue weighted by Crippen LogP contribution is 2.43. The first-order chi connectivity index (χ1) is 18.4. The third kappa shape index (κ3) is 5.00. The highest BCUT2D eigenvalue weighted by Gasteiger charge is 2.46. The summed E-state index contributed by atoms with van der Waals surface area (Å²) in [5.74, 6) is -0.509. The predicted octanol–water partition coefficient (Wildman–Crippen LogP) is 7.48. The van der Waals surface area contributed by atoms with Crippen LogP contribution in [0.15, 0.2) is 89.8 Å². The Bertz CT molecular complexity index is 1510. The van der Waals surface area contributed by atoms with Crippen LogP contribution in [-0.4, -0.2) is 28.8 Å². The maximum Gasteiger partial charge on any atom is 0.295 e. The number of amides is 1. The van der Waals surface area contributed by atoms with Gasteiger partial charge in [0.2, 0.25) is 0 Å². The van der Waals surface area contributed by atoms with E-state index in [9.17, 15) is 14.7 Å². The summed E-state index contributed by atoms with van der Waals surface area (Å²) in [5.41, 5.74) is 0.721. The number of benzene rings is 3. The van der Waals surface area contributed by atoms with Crippen molar-refractivity contribution in [2.24, 2.45) is 0 Å². The van der Waals surface area contributed by atoms with Crippen molar-refractivity contribution in [1.82, 2.24) is 4.90 Å². The minimum absolute atomic E-state index is 0.0688. The molecule has 5 rings (SSSR count). The van der Waals surface area contributed by atoms with Crippen LogP contribution < -0.4 is 9.47 Å². The van der Waals surface area contributed by atoms with Gasteiger partial charge in [-0.25, -0.2) is 0 Å². The van der Waals surface area contributed by atoms with Gasteiger partial charge in [0.15, 0.2) is 5.75 Å². The summed E-state index contributed by atoms with van der Waals surface area (Å²) in [6.45, 7) is 0.192. The summed E-state index contributed by atoms with van der Waals surface area (Å²) in [4.78, 5) is 29.0. The molecular weight excluding hydrogens is 545 g/mol. The molecule has 1 amide bonds. The number of likely N-dealkylation sites (tertiary alicyclic amines) is 1. The quantitative estimate of drug-likeness (QED) is 0.143. The number of carbonyl (C=O) groups excluding carboxylic acids is 2. The Morgan fingerprint density at radius 1 is 0.947 bits per heavy atom. The van der Waals surface area contributed by atoms with Gasteiger partial charge >= 0.3 is 0 Å². The molecule has 1 aliphatic heterocycles. The SMILES string of the molecule is COc1c(Cl)cc(/C(O)=C2\C(=O)C(=O)N(Cc3cccs3)C2c2cccc(Oc3ccccc3)c2)cc1Cl. The molecule has 0 aliphatic carbocycles. The lowest BCUT2D eigenvalue weighted by atomic mass is 9.95. The van der Waals surface area contributed by atoms with Gasteiger partial charge in [-0.15, -0.1) is 11.3 Å². The number of carbonyl (C=O) groups is 2. The first kappa shape index (κ1) is 25.9. The van der Waals surface area contributed by atoms with Crippen molar-refractivity contribution < 1.29 is 24.2 Å². The van der Waals surface area contributed by atoms with Crippen molar-refractivity contribution in [3.63, 3.8) is 0 Å². The molecule has 3 aromatic carbocycles. The monoisotopic (exact) mass is 565 g/mol. The highest BCUT2D eigenvalue weighted by atomic mass is 35.5. The summed E-state index contributed by atoms with van der Waals surface area (Å²) in [7, 11) is 1.42. The number of aliphatic hydroxyl groups is 1. The van der Waals surface area contributed by atoms with Crippen molar-refractivity contribution in [2.75, 3.05) is 7.11 Å². The maximum absolute atomic E-state index is 13.4. The summed E-state index contributed by atoms with van der Waals surface area (Å²) >= 11 is 14.1. The second-order valence-corrected chi connectivity index (χ2v) is 10.3. The van der Waals surface area contributed by atoms with Crippen LogP contribution in [0.25, 0.3) is 5.76 Å². The minimum Gasteiger partial charge on any atom is -0.507 e. The van der Waals surface area contributed by atoms with Crippen molar-refractivity contribution in [2.45, 2.75) is 12.6 Å².